The van der Waals surface area contributed by atoms with Gasteiger partial charge in [-0.3, -0.25) is 4.79 Å². The largest absolute Gasteiger partial charge is 0.368 e. The molecule has 35 heavy (non-hydrogen) atoms. The van der Waals surface area contributed by atoms with Gasteiger partial charge in [0, 0.05) is 59.4 Å². The maximum absolute atomic E-state index is 13.2. The molecule has 180 valence electrons. The van der Waals surface area contributed by atoms with E-state index in [-0.39, 0.29) is 5.91 Å². The van der Waals surface area contributed by atoms with Gasteiger partial charge in [0.2, 0.25) is 5.91 Å². The highest BCUT2D eigenvalue weighted by Crippen LogP contribution is 2.33. The predicted molar refractivity (Wildman–Crippen MR) is 149 cm³/mol. The molecule has 1 saturated heterocycles. The highest BCUT2D eigenvalue weighted by atomic mass is 79.9. The van der Waals surface area contributed by atoms with Crippen molar-refractivity contribution in [3.8, 4) is 11.3 Å². The van der Waals surface area contributed by atoms with Crippen molar-refractivity contribution in [2.45, 2.75) is 33.6 Å². The monoisotopic (exact) mass is 529 g/mol. The molecular weight excluding hydrogens is 498 g/mol. The van der Waals surface area contributed by atoms with Crippen LogP contribution in [0.2, 0.25) is 0 Å². The summed E-state index contributed by atoms with van der Waals surface area (Å²) in [4.78, 5) is 21.3. The number of hydrogen-bond donors (Lipinski definition) is 1. The van der Waals surface area contributed by atoms with E-state index in [9.17, 15) is 4.79 Å². The number of halogens is 1. The number of fused-ring (bicyclic) bond motifs is 1. The van der Waals surface area contributed by atoms with Gasteiger partial charge in [-0.15, -0.1) is 0 Å². The van der Waals surface area contributed by atoms with E-state index in [0.717, 1.165) is 53.8 Å². The fourth-order valence-electron chi connectivity index (χ4n) is 5.13. The first-order valence-electron chi connectivity index (χ1n) is 12.4. The quantitative estimate of drug-likeness (QED) is 0.308. The molecule has 2 heterocycles. The van der Waals surface area contributed by atoms with Crippen molar-refractivity contribution >= 4 is 38.4 Å². The van der Waals surface area contributed by atoms with Crippen molar-refractivity contribution in [2.24, 2.45) is 0 Å². The Morgan fingerprint density at radius 2 is 1.57 bits per heavy atom. The molecule has 0 saturated carbocycles. The van der Waals surface area contributed by atoms with Crippen molar-refractivity contribution < 1.29 is 4.79 Å². The van der Waals surface area contributed by atoms with Gasteiger partial charge >= 0.3 is 0 Å². The second-order valence-corrected chi connectivity index (χ2v) is 10.6. The Morgan fingerprint density at radius 3 is 2.31 bits per heavy atom. The molecule has 1 aromatic heterocycles. The summed E-state index contributed by atoms with van der Waals surface area (Å²) in [6.07, 6.45) is 1.25. The Morgan fingerprint density at radius 1 is 0.886 bits per heavy atom. The number of nitrogens with one attached hydrogen (secondary N) is 1. The summed E-state index contributed by atoms with van der Waals surface area (Å²) in [6.45, 7) is 9.74. The summed E-state index contributed by atoms with van der Waals surface area (Å²) < 4.78 is 1.06. The van der Waals surface area contributed by atoms with Crippen LogP contribution in [-0.4, -0.2) is 42.0 Å². The van der Waals surface area contributed by atoms with Crippen LogP contribution in [0.1, 0.15) is 28.7 Å². The number of hydrogen-bond acceptors (Lipinski definition) is 2. The van der Waals surface area contributed by atoms with E-state index in [4.69, 9.17) is 0 Å². The third-order valence-corrected chi connectivity index (χ3v) is 7.65. The minimum atomic E-state index is 0.245. The Balaban J connectivity index is 1.31. The average molecular weight is 531 g/mol. The van der Waals surface area contributed by atoms with Gasteiger partial charge in [0.1, 0.15) is 0 Å². The van der Waals surface area contributed by atoms with E-state index in [1.807, 2.05) is 4.90 Å². The van der Waals surface area contributed by atoms with Crippen molar-refractivity contribution in [1.29, 1.82) is 0 Å². The number of amides is 1. The molecular formula is C30H32BrN3O. The Bertz CT molecular complexity index is 1360. The number of aryl methyl sites for hydroxylation is 4. The first-order valence-corrected chi connectivity index (χ1v) is 13.2. The number of rotatable bonds is 5. The van der Waals surface area contributed by atoms with E-state index in [0.29, 0.717) is 6.42 Å². The zero-order chi connectivity index (χ0) is 24.5. The van der Waals surface area contributed by atoms with Gasteiger partial charge in [0.05, 0.1) is 0 Å². The SMILES string of the molecule is Cc1ccc(C)c(N2CCN(C(=O)CCc3c(-c4ccc(Br)cc4)[nH]c4ccc(C)cc34)CC2)c1. The van der Waals surface area contributed by atoms with Gasteiger partial charge in [-0.05, 0) is 79.8 Å². The Hall–Kier alpha value is -3.05. The number of benzene rings is 3. The molecule has 1 fully saturated rings. The average Bonchev–Trinajstić information content (AvgIpc) is 3.22. The second kappa shape index (κ2) is 9.90. The molecule has 1 amide bonds. The summed E-state index contributed by atoms with van der Waals surface area (Å²) in [5, 5.41) is 1.22. The van der Waals surface area contributed by atoms with Gasteiger partial charge in [0.15, 0.2) is 0 Å². The third kappa shape index (κ3) is 5.01. The number of carbonyl (C=O) groups is 1. The fraction of sp³-hybridized carbons (Fsp3) is 0.300. The standard InChI is InChI=1S/C30H32BrN3O/c1-20-5-12-27-26(18-20)25(30(32-27)23-7-9-24(31)10-8-23)11-13-29(35)34-16-14-33(15-17-34)28-19-21(2)4-6-22(28)3/h4-10,12,18-19,32H,11,13-17H2,1-3H3. The first-order chi connectivity index (χ1) is 16.9. The summed E-state index contributed by atoms with van der Waals surface area (Å²) in [7, 11) is 0. The maximum Gasteiger partial charge on any atom is 0.223 e. The topological polar surface area (TPSA) is 39.3 Å². The summed E-state index contributed by atoms with van der Waals surface area (Å²) in [5.41, 5.74) is 9.72. The lowest BCUT2D eigenvalue weighted by molar-refractivity contribution is -0.131. The highest BCUT2D eigenvalue weighted by Gasteiger charge is 2.23. The molecule has 5 rings (SSSR count). The van der Waals surface area contributed by atoms with Crippen LogP contribution in [-0.2, 0) is 11.2 Å². The Labute approximate surface area is 216 Å². The van der Waals surface area contributed by atoms with Crippen LogP contribution in [0.25, 0.3) is 22.2 Å². The van der Waals surface area contributed by atoms with E-state index in [1.165, 1.54) is 33.3 Å². The summed E-state index contributed by atoms with van der Waals surface area (Å²) in [5.74, 6) is 0.245. The van der Waals surface area contributed by atoms with E-state index in [2.05, 4.69) is 107 Å². The van der Waals surface area contributed by atoms with E-state index < -0.39 is 0 Å². The van der Waals surface area contributed by atoms with Gasteiger partial charge in [-0.2, -0.15) is 0 Å². The molecule has 4 nitrogen and oxygen atoms in total. The van der Waals surface area contributed by atoms with Crippen LogP contribution in [0.5, 0.6) is 0 Å². The molecule has 0 spiro atoms. The third-order valence-electron chi connectivity index (χ3n) is 7.12. The zero-order valence-electron chi connectivity index (χ0n) is 20.7. The molecule has 0 atom stereocenters. The lowest BCUT2D eigenvalue weighted by Crippen LogP contribution is -2.49. The zero-order valence-corrected chi connectivity index (χ0v) is 22.3. The summed E-state index contributed by atoms with van der Waals surface area (Å²) in [6, 6.07) is 21.5. The number of aromatic nitrogens is 1. The molecule has 0 radical (unpaired) electrons. The normalized spacial score (nSPS) is 14.1. The molecule has 1 N–H and O–H groups in total. The number of anilines is 1. The molecule has 0 aliphatic carbocycles. The molecule has 0 unspecified atom stereocenters. The molecule has 0 bridgehead atoms. The first kappa shape index (κ1) is 23.7. The Kier molecular flexibility index (Phi) is 6.70. The number of nitrogens with zero attached hydrogens (tertiary/aromatic N) is 2. The van der Waals surface area contributed by atoms with Crippen molar-refractivity contribution in [3.05, 3.63) is 87.4 Å². The second-order valence-electron chi connectivity index (χ2n) is 9.69. The fourth-order valence-corrected chi connectivity index (χ4v) is 5.40. The molecule has 3 aromatic carbocycles. The van der Waals surface area contributed by atoms with Crippen LogP contribution in [0.4, 0.5) is 5.69 Å². The summed E-state index contributed by atoms with van der Waals surface area (Å²) >= 11 is 3.54. The maximum atomic E-state index is 13.2. The van der Waals surface area contributed by atoms with Gasteiger partial charge < -0.3 is 14.8 Å². The van der Waals surface area contributed by atoms with E-state index in [1.54, 1.807) is 0 Å². The predicted octanol–water partition coefficient (Wildman–Crippen LogP) is 6.80. The molecule has 4 aromatic rings. The number of piperazine rings is 1. The number of H-pyrrole nitrogens is 1. The van der Waals surface area contributed by atoms with Crippen LogP contribution in [0, 0.1) is 20.8 Å². The van der Waals surface area contributed by atoms with E-state index >= 15 is 0 Å². The minimum absolute atomic E-state index is 0.245. The van der Waals surface area contributed by atoms with Crippen LogP contribution in [0.3, 0.4) is 0 Å². The van der Waals surface area contributed by atoms with Crippen molar-refractivity contribution in [1.82, 2.24) is 9.88 Å². The minimum Gasteiger partial charge on any atom is -0.368 e. The van der Waals surface area contributed by atoms with Crippen LogP contribution in [0.15, 0.2) is 65.1 Å². The highest BCUT2D eigenvalue weighted by molar-refractivity contribution is 9.10. The van der Waals surface area contributed by atoms with Gasteiger partial charge in [-0.25, -0.2) is 0 Å². The van der Waals surface area contributed by atoms with Crippen molar-refractivity contribution in [3.63, 3.8) is 0 Å². The lowest BCUT2D eigenvalue weighted by Gasteiger charge is -2.37. The van der Waals surface area contributed by atoms with Gasteiger partial charge in [0.25, 0.3) is 0 Å². The molecule has 5 heteroatoms. The number of aromatic amines is 1. The molecule has 1 aliphatic heterocycles. The molecule has 1 aliphatic rings. The van der Waals surface area contributed by atoms with Gasteiger partial charge in [-0.1, -0.05) is 51.8 Å². The van der Waals surface area contributed by atoms with Crippen LogP contribution < -0.4 is 4.90 Å². The number of carbonyl (C=O) groups excluding carboxylic acids is 1. The van der Waals surface area contributed by atoms with Crippen molar-refractivity contribution in [2.75, 3.05) is 31.1 Å². The van der Waals surface area contributed by atoms with Crippen LogP contribution >= 0.6 is 15.9 Å². The lowest BCUT2D eigenvalue weighted by atomic mass is 10.00. The smallest absolute Gasteiger partial charge is 0.223 e.